The third kappa shape index (κ3) is 2.39. The van der Waals surface area contributed by atoms with Gasteiger partial charge in [-0.25, -0.2) is 0 Å². The van der Waals surface area contributed by atoms with Gasteiger partial charge in [0.1, 0.15) is 0 Å². The number of carbonyl (C=O) groups is 1. The molecule has 1 aliphatic heterocycles. The Morgan fingerprint density at radius 3 is 3.23 bits per heavy atom. The molecule has 1 amide bonds. The Hall–Kier alpha value is -0.660. The van der Waals surface area contributed by atoms with Gasteiger partial charge in [0.15, 0.2) is 5.17 Å². The first-order valence-corrected chi connectivity index (χ1v) is 4.83. The Morgan fingerprint density at radius 2 is 2.62 bits per heavy atom. The molecule has 13 heavy (non-hydrogen) atoms. The number of hydrazone groups is 1. The molecule has 0 saturated carbocycles. The fraction of sp³-hybridized carbons (Fsp3) is 0.500. The van der Waals surface area contributed by atoms with E-state index in [1.165, 1.54) is 16.7 Å². The van der Waals surface area contributed by atoms with Crippen LogP contribution < -0.4 is 5.43 Å². The zero-order chi connectivity index (χ0) is 9.84. The summed E-state index contributed by atoms with van der Waals surface area (Å²) in [5, 5.41) is 15.8. The molecule has 0 spiro atoms. The number of nitrogens with zero attached hydrogens (tertiary/aromatic N) is 2. The van der Waals surface area contributed by atoms with E-state index in [1.807, 2.05) is 0 Å². The van der Waals surface area contributed by atoms with E-state index >= 15 is 0 Å². The van der Waals surface area contributed by atoms with Gasteiger partial charge < -0.3 is 5.11 Å². The molecule has 71 valence electrons. The lowest BCUT2D eigenvalue weighted by atomic mass is 10.5. The SMILES string of the molecule is CN1C(=O)C(O)NN=C1SC[C]=S. The summed E-state index contributed by atoms with van der Waals surface area (Å²) in [6.07, 6.45) is -1.24. The number of aliphatic hydroxyl groups excluding tert-OH is 1. The summed E-state index contributed by atoms with van der Waals surface area (Å²) in [5.74, 6) is 0.0469. The van der Waals surface area contributed by atoms with Crippen molar-refractivity contribution < 1.29 is 9.90 Å². The predicted molar refractivity (Wildman–Crippen MR) is 54.4 cm³/mol. The zero-order valence-electron chi connectivity index (χ0n) is 6.85. The first-order chi connectivity index (χ1) is 6.16. The molecule has 1 atom stereocenters. The highest BCUT2D eigenvalue weighted by atomic mass is 32.2. The van der Waals surface area contributed by atoms with Gasteiger partial charge in [-0.3, -0.25) is 15.1 Å². The summed E-state index contributed by atoms with van der Waals surface area (Å²) in [7, 11) is 1.54. The van der Waals surface area contributed by atoms with Gasteiger partial charge in [0.2, 0.25) is 6.23 Å². The maximum Gasteiger partial charge on any atom is 0.279 e. The molecule has 2 N–H and O–H groups in total. The number of rotatable bonds is 2. The van der Waals surface area contributed by atoms with Crippen LogP contribution in [0.15, 0.2) is 5.10 Å². The van der Waals surface area contributed by atoms with Gasteiger partial charge in [-0.05, 0) is 0 Å². The monoisotopic (exact) mass is 218 g/mol. The molecule has 7 heteroatoms. The average Bonchev–Trinajstić information content (AvgIpc) is 2.13. The van der Waals surface area contributed by atoms with Crippen LogP contribution in [0, 0.1) is 0 Å². The first kappa shape index (κ1) is 10.4. The van der Waals surface area contributed by atoms with Gasteiger partial charge in [0.25, 0.3) is 5.91 Å². The largest absolute Gasteiger partial charge is 0.365 e. The molecule has 0 aliphatic carbocycles. The van der Waals surface area contributed by atoms with Crippen molar-refractivity contribution in [1.82, 2.24) is 10.3 Å². The summed E-state index contributed by atoms with van der Waals surface area (Å²) in [5.41, 5.74) is 2.29. The van der Waals surface area contributed by atoms with Gasteiger partial charge in [-0.15, -0.1) is 0 Å². The minimum atomic E-state index is -1.24. The quantitative estimate of drug-likeness (QED) is 0.597. The topological polar surface area (TPSA) is 64.9 Å². The highest BCUT2D eigenvalue weighted by molar-refractivity contribution is 8.14. The highest BCUT2D eigenvalue weighted by Gasteiger charge is 2.27. The predicted octanol–water partition coefficient (Wildman–Crippen LogP) is -0.753. The molecular formula is C6H8N3O2S2. The number of likely N-dealkylation sites (N-methyl/N-ethyl adjacent to an activating group) is 1. The molecule has 0 aromatic heterocycles. The van der Waals surface area contributed by atoms with Crippen molar-refractivity contribution in [2.75, 3.05) is 12.8 Å². The lowest BCUT2D eigenvalue weighted by Crippen LogP contribution is -2.50. The lowest BCUT2D eigenvalue weighted by molar-refractivity contribution is -0.137. The van der Waals surface area contributed by atoms with Crippen molar-refractivity contribution in [2.24, 2.45) is 5.10 Å². The molecule has 0 aromatic carbocycles. The number of nitrogens with one attached hydrogen (secondary N) is 1. The normalized spacial score (nSPS) is 22.3. The third-order valence-electron chi connectivity index (χ3n) is 1.39. The van der Waals surface area contributed by atoms with Gasteiger partial charge in [-0.1, -0.05) is 24.0 Å². The van der Waals surface area contributed by atoms with Crippen LogP contribution in [0.2, 0.25) is 0 Å². The van der Waals surface area contributed by atoms with Gasteiger partial charge >= 0.3 is 0 Å². The fourth-order valence-electron chi connectivity index (χ4n) is 0.747. The molecular weight excluding hydrogens is 210 g/mol. The first-order valence-electron chi connectivity index (χ1n) is 3.43. The fourth-order valence-corrected chi connectivity index (χ4v) is 1.51. The Labute approximate surface area is 85.2 Å². The van der Waals surface area contributed by atoms with E-state index in [9.17, 15) is 4.79 Å². The molecule has 0 saturated heterocycles. The van der Waals surface area contributed by atoms with Crippen LogP contribution in [0.5, 0.6) is 0 Å². The maximum absolute atomic E-state index is 11.2. The molecule has 1 unspecified atom stereocenters. The number of amides is 1. The molecule has 0 aromatic rings. The Balaban J connectivity index is 2.64. The van der Waals surface area contributed by atoms with E-state index in [4.69, 9.17) is 5.11 Å². The standard InChI is InChI=1S/C6H8N3O2S2/c1-9-5(11)4(10)7-8-6(9)13-3-2-12/h4,7,10H,3H2,1H3. The number of thioether (sulfide) groups is 1. The van der Waals surface area contributed by atoms with Gasteiger partial charge in [0.05, 0.1) is 0 Å². The number of amidine groups is 1. The van der Waals surface area contributed by atoms with Crippen molar-refractivity contribution in [1.29, 1.82) is 0 Å². The van der Waals surface area contributed by atoms with E-state index in [0.717, 1.165) is 0 Å². The second kappa shape index (κ2) is 4.54. The summed E-state index contributed by atoms with van der Waals surface area (Å²) in [6, 6.07) is 0. The molecule has 1 aliphatic rings. The average molecular weight is 218 g/mol. The molecule has 1 rings (SSSR count). The van der Waals surface area contributed by atoms with Gasteiger partial charge in [0, 0.05) is 18.2 Å². The zero-order valence-corrected chi connectivity index (χ0v) is 8.48. The van der Waals surface area contributed by atoms with E-state index in [1.54, 1.807) is 7.05 Å². The van der Waals surface area contributed by atoms with Crippen molar-refractivity contribution >= 4 is 40.4 Å². The van der Waals surface area contributed by atoms with Crippen LogP contribution in [0.1, 0.15) is 0 Å². The van der Waals surface area contributed by atoms with E-state index in [0.29, 0.717) is 10.9 Å². The molecule has 0 bridgehead atoms. The van der Waals surface area contributed by atoms with Crippen molar-refractivity contribution in [3.8, 4) is 0 Å². The number of hydrogen-bond acceptors (Lipinski definition) is 6. The Bertz CT molecular complexity index is 256. The molecule has 1 heterocycles. The number of carbonyl (C=O) groups excluding carboxylic acids is 1. The minimum Gasteiger partial charge on any atom is -0.365 e. The van der Waals surface area contributed by atoms with Crippen molar-refractivity contribution in [2.45, 2.75) is 6.23 Å². The van der Waals surface area contributed by atoms with Crippen LogP contribution in [0.3, 0.4) is 0 Å². The molecule has 1 radical (unpaired) electrons. The lowest BCUT2D eigenvalue weighted by Gasteiger charge is -2.25. The molecule has 0 fully saturated rings. The summed E-state index contributed by atoms with van der Waals surface area (Å²) < 4.78 is 0. The second-order valence-corrected chi connectivity index (χ2v) is 3.49. The van der Waals surface area contributed by atoms with Crippen LogP contribution in [-0.4, -0.2) is 45.5 Å². The van der Waals surface area contributed by atoms with Crippen molar-refractivity contribution in [3.63, 3.8) is 0 Å². The van der Waals surface area contributed by atoms with Crippen LogP contribution in [0.4, 0.5) is 0 Å². The Kier molecular flexibility index (Phi) is 3.64. The summed E-state index contributed by atoms with van der Waals surface area (Å²) in [6.45, 7) is 0. The van der Waals surface area contributed by atoms with Crippen LogP contribution in [-0.2, 0) is 4.79 Å². The van der Waals surface area contributed by atoms with Crippen LogP contribution in [0.25, 0.3) is 0 Å². The maximum atomic E-state index is 11.2. The number of hydrogen-bond donors (Lipinski definition) is 2. The second-order valence-electron chi connectivity index (χ2n) is 2.26. The van der Waals surface area contributed by atoms with E-state index < -0.39 is 12.1 Å². The highest BCUT2D eigenvalue weighted by Crippen LogP contribution is 2.10. The van der Waals surface area contributed by atoms with Crippen LogP contribution >= 0.6 is 24.0 Å². The summed E-state index contributed by atoms with van der Waals surface area (Å²) >= 11 is 5.79. The van der Waals surface area contributed by atoms with E-state index in [-0.39, 0.29) is 0 Å². The van der Waals surface area contributed by atoms with Gasteiger partial charge in [-0.2, -0.15) is 5.10 Å². The Morgan fingerprint density at radius 1 is 1.92 bits per heavy atom. The number of aliphatic hydroxyl groups is 1. The molecule has 5 nitrogen and oxygen atoms in total. The summed E-state index contributed by atoms with van der Waals surface area (Å²) in [4.78, 5) is 12.4. The smallest absolute Gasteiger partial charge is 0.279 e. The third-order valence-corrected chi connectivity index (χ3v) is 2.63. The van der Waals surface area contributed by atoms with Crippen molar-refractivity contribution in [3.05, 3.63) is 0 Å². The van der Waals surface area contributed by atoms with E-state index in [2.05, 4.69) is 28.1 Å². The number of thiocarbonyl (C=S) groups is 1. The minimum absolute atomic E-state index is 0.429.